The van der Waals surface area contributed by atoms with Gasteiger partial charge in [0.2, 0.25) is 5.91 Å². The molecular formula is C25H21N3O3S. The summed E-state index contributed by atoms with van der Waals surface area (Å²) in [6, 6.07) is 21.5. The standard InChI is InChI=1S/C25H21N3O3S/c1-16-9-8-10-17(2)22(16)28-24(31)19-13-6-7-14-20(19)26-25(28)32-15-21(29)27-23(30)18-11-4-3-5-12-18/h3-14H,15H2,1-2H3,(H,27,29,30). The maximum absolute atomic E-state index is 13.4. The molecule has 1 aromatic heterocycles. The molecule has 0 atom stereocenters. The van der Waals surface area contributed by atoms with Crippen molar-refractivity contribution in [3.05, 3.63) is 99.8 Å². The van der Waals surface area contributed by atoms with Crippen LogP contribution in [0.25, 0.3) is 16.6 Å². The van der Waals surface area contributed by atoms with Gasteiger partial charge >= 0.3 is 0 Å². The van der Waals surface area contributed by atoms with Crippen molar-refractivity contribution in [2.24, 2.45) is 0 Å². The first-order valence-corrected chi connectivity index (χ1v) is 11.0. The van der Waals surface area contributed by atoms with Gasteiger partial charge in [0, 0.05) is 5.56 Å². The number of carbonyl (C=O) groups excluding carboxylic acids is 2. The number of para-hydroxylation sites is 2. The lowest BCUT2D eigenvalue weighted by Crippen LogP contribution is -2.32. The van der Waals surface area contributed by atoms with E-state index in [0.717, 1.165) is 28.6 Å². The minimum absolute atomic E-state index is 0.0612. The summed E-state index contributed by atoms with van der Waals surface area (Å²) < 4.78 is 1.56. The molecule has 2 amide bonds. The van der Waals surface area contributed by atoms with Crippen LogP contribution in [0.15, 0.2) is 82.7 Å². The number of thioether (sulfide) groups is 1. The summed E-state index contributed by atoms with van der Waals surface area (Å²) in [6.45, 7) is 3.87. The van der Waals surface area contributed by atoms with Crippen LogP contribution in [0.2, 0.25) is 0 Å². The van der Waals surface area contributed by atoms with Gasteiger partial charge in [-0.2, -0.15) is 0 Å². The number of aryl methyl sites for hydroxylation is 2. The number of hydrogen-bond donors (Lipinski definition) is 1. The molecule has 0 aliphatic heterocycles. The van der Waals surface area contributed by atoms with Crippen molar-refractivity contribution >= 4 is 34.5 Å². The van der Waals surface area contributed by atoms with Crippen LogP contribution >= 0.6 is 11.8 Å². The second kappa shape index (κ2) is 9.20. The quantitative estimate of drug-likeness (QED) is 0.372. The van der Waals surface area contributed by atoms with Crippen molar-refractivity contribution in [2.45, 2.75) is 19.0 Å². The molecule has 32 heavy (non-hydrogen) atoms. The van der Waals surface area contributed by atoms with Crippen molar-refractivity contribution in [3.8, 4) is 5.69 Å². The van der Waals surface area contributed by atoms with Crippen molar-refractivity contribution in [2.75, 3.05) is 5.75 Å². The molecule has 7 heteroatoms. The van der Waals surface area contributed by atoms with Gasteiger partial charge in [-0.15, -0.1) is 0 Å². The highest BCUT2D eigenvalue weighted by molar-refractivity contribution is 7.99. The molecule has 0 aliphatic rings. The SMILES string of the molecule is Cc1cccc(C)c1-n1c(SCC(=O)NC(=O)c2ccccc2)nc2ccccc2c1=O. The second-order valence-electron chi connectivity index (χ2n) is 7.32. The maximum atomic E-state index is 13.4. The van der Waals surface area contributed by atoms with E-state index in [9.17, 15) is 14.4 Å². The molecule has 0 aliphatic carbocycles. The summed E-state index contributed by atoms with van der Waals surface area (Å²) in [5, 5.41) is 3.29. The highest BCUT2D eigenvalue weighted by Crippen LogP contribution is 2.25. The fraction of sp³-hybridized carbons (Fsp3) is 0.120. The Morgan fingerprint density at radius 3 is 2.28 bits per heavy atom. The summed E-state index contributed by atoms with van der Waals surface area (Å²) in [4.78, 5) is 42.8. The summed E-state index contributed by atoms with van der Waals surface area (Å²) in [6.07, 6.45) is 0. The first kappa shape index (κ1) is 21.5. The van der Waals surface area contributed by atoms with E-state index in [0.29, 0.717) is 21.6 Å². The number of nitrogens with zero attached hydrogens (tertiary/aromatic N) is 2. The predicted molar refractivity (Wildman–Crippen MR) is 126 cm³/mol. The van der Waals surface area contributed by atoms with Crippen molar-refractivity contribution in [1.29, 1.82) is 0 Å². The zero-order chi connectivity index (χ0) is 22.7. The van der Waals surface area contributed by atoms with Crippen LogP contribution in [0.3, 0.4) is 0 Å². The minimum Gasteiger partial charge on any atom is -0.292 e. The summed E-state index contributed by atoms with van der Waals surface area (Å²) in [5.41, 5.74) is 3.37. The lowest BCUT2D eigenvalue weighted by atomic mass is 10.1. The Hall–Kier alpha value is -3.71. The number of nitrogens with one attached hydrogen (secondary N) is 1. The number of rotatable bonds is 5. The number of aromatic nitrogens is 2. The molecule has 6 nitrogen and oxygen atoms in total. The van der Waals surface area contributed by atoms with Gasteiger partial charge in [0.25, 0.3) is 11.5 Å². The van der Waals surface area contributed by atoms with Crippen LogP contribution in [0.5, 0.6) is 0 Å². The topological polar surface area (TPSA) is 81.1 Å². The molecule has 3 aromatic carbocycles. The van der Waals surface area contributed by atoms with Gasteiger partial charge < -0.3 is 0 Å². The molecular weight excluding hydrogens is 422 g/mol. The smallest absolute Gasteiger partial charge is 0.266 e. The highest BCUT2D eigenvalue weighted by Gasteiger charge is 2.18. The molecule has 4 aromatic rings. The normalized spacial score (nSPS) is 10.8. The Morgan fingerprint density at radius 2 is 1.56 bits per heavy atom. The van der Waals surface area contributed by atoms with Gasteiger partial charge in [-0.3, -0.25) is 24.3 Å². The molecule has 0 bridgehead atoms. The number of hydrogen-bond acceptors (Lipinski definition) is 5. The largest absolute Gasteiger partial charge is 0.292 e. The first-order chi connectivity index (χ1) is 15.5. The van der Waals surface area contributed by atoms with Crippen LogP contribution < -0.4 is 10.9 Å². The monoisotopic (exact) mass is 443 g/mol. The fourth-order valence-corrected chi connectivity index (χ4v) is 4.32. The lowest BCUT2D eigenvalue weighted by Gasteiger charge is -2.17. The van der Waals surface area contributed by atoms with Crippen LogP contribution in [-0.4, -0.2) is 27.1 Å². The van der Waals surface area contributed by atoms with Crippen LogP contribution in [0, 0.1) is 13.8 Å². The van der Waals surface area contributed by atoms with Crippen molar-refractivity contribution in [3.63, 3.8) is 0 Å². The third-order valence-electron chi connectivity index (χ3n) is 5.03. The molecule has 4 rings (SSSR count). The van der Waals surface area contributed by atoms with Gasteiger partial charge in [-0.05, 0) is 49.2 Å². The molecule has 1 N–H and O–H groups in total. The minimum atomic E-state index is -0.463. The number of imide groups is 1. The number of fused-ring (bicyclic) bond motifs is 1. The average Bonchev–Trinajstić information content (AvgIpc) is 2.79. The summed E-state index contributed by atoms with van der Waals surface area (Å²) in [7, 11) is 0. The molecule has 0 radical (unpaired) electrons. The molecule has 0 saturated heterocycles. The van der Waals surface area contributed by atoms with Crippen molar-refractivity contribution < 1.29 is 9.59 Å². The molecule has 0 saturated carbocycles. The van der Waals surface area contributed by atoms with E-state index in [1.807, 2.05) is 38.1 Å². The molecule has 1 heterocycles. The Bertz CT molecular complexity index is 1360. The Labute approximate surface area is 189 Å². The summed E-state index contributed by atoms with van der Waals surface area (Å²) >= 11 is 1.12. The lowest BCUT2D eigenvalue weighted by molar-refractivity contribution is -0.117. The average molecular weight is 444 g/mol. The molecule has 0 spiro atoms. The van der Waals surface area contributed by atoms with Crippen LogP contribution in [0.4, 0.5) is 0 Å². The van der Waals surface area contributed by atoms with Gasteiger partial charge in [0.15, 0.2) is 5.16 Å². The fourth-order valence-electron chi connectivity index (χ4n) is 3.52. The van der Waals surface area contributed by atoms with E-state index >= 15 is 0 Å². The predicted octanol–water partition coefficient (Wildman–Crippen LogP) is 4.05. The molecule has 0 fully saturated rings. The van der Waals surface area contributed by atoms with E-state index in [-0.39, 0.29) is 11.3 Å². The highest BCUT2D eigenvalue weighted by atomic mass is 32.2. The van der Waals surface area contributed by atoms with Crippen LogP contribution in [0.1, 0.15) is 21.5 Å². The third kappa shape index (κ3) is 4.33. The Balaban J connectivity index is 1.68. The van der Waals surface area contributed by atoms with Crippen molar-refractivity contribution in [1.82, 2.24) is 14.9 Å². The number of amides is 2. The maximum Gasteiger partial charge on any atom is 0.266 e. The third-order valence-corrected chi connectivity index (χ3v) is 5.97. The van der Waals surface area contributed by atoms with Gasteiger partial charge in [0.05, 0.1) is 22.3 Å². The zero-order valence-electron chi connectivity index (χ0n) is 17.7. The number of benzene rings is 3. The zero-order valence-corrected chi connectivity index (χ0v) is 18.5. The van der Waals surface area contributed by atoms with E-state index in [4.69, 9.17) is 0 Å². The number of carbonyl (C=O) groups is 2. The van der Waals surface area contributed by atoms with Crippen LogP contribution in [-0.2, 0) is 4.79 Å². The van der Waals surface area contributed by atoms with E-state index in [1.54, 1.807) is 53.1 Å². The molecule has 160 valence electrons. The van der Waals surface area contributed by atoms with E-state index in [2.05, 4.69) is 10.3 Å². The van der Waals surface area contributed by atoms with E-state index < -0.39 is 11.8 Å². The van der Waals surface area contributed by atoms with E-state index in [1.165, 1.54) is 0 Å². The first-order valence-electron chi connectivity index (χ1n) is 10.1. The van der Waals surface area contributed by atoms with Gasteiger partial charge in [-0.25, -0.2) is 4.98 Å². The Morgan fingerprint density at radius 1 is 0.906 bits per heavy atom. The summed E-state index contributed by atoms with van der Waals surface area (Å²) in [5.74, 6) is -0.983. The van der Waals surface area contributed by atoms with Gasteiger partial charge in [-0.1, -0.05) is 60.3 Å². The second-order valence-corrected chi connectivity index (χ2v) is 8.27. The van der Waals surface area contributed by atoms with Gasteiger partial charge in [0.1, 0.15) is 0 Å². The Kier molecular flexibility index (Phi) is 6.18. The molecule has 0 unspecified atom stereocenters.